The van der Waals surface area contributed by atoms with Crippen LogP contribution in [0.25, 0.3) is 0 Å². The molecule has 0 aliphatic carbocycles. The number of nitrogens with zero attached hydrogens (tertiary/aromatic N) is 1. The maximum atomic E-state index is 12.4. The molecule has 1 fully saturated rings. The number of hydrogen-bond acceptors (Lipinski definition) is 4. The molecule has 1 saturated heterocycles. The molecule has 2 aromatic rings. The van der Waals surface area contributed by atoms with Crippen molar-refractivity contribution in [3.05, 3.63) is 54.0 Å². The molecule has 0 unspecified atom stereocenters. The van der Waals surface area contributed by atoms with E-state index in [9.17, 15) is 22.8 Å². The normalized spacial score (nSPS) is 15.2. The summed E-state index contributed by atoms with van der Waals surface area (Å²) in [6, 6.07) is 9.36. The van der Waals surface area contributed by atoms with Gasteiger partial charge in [0.1, 0.15) is 5.75 Å². The van der Waals surface area contributed by atoms with Crippen LogP contribution in [0.4, 0.5) is 13.2 Å². The molecule has 0 bridgehead atoms. The summed E-state index contributed by atoms with van der Waals surface area (Å²) >= 11 is 0. The molecule has 1 aromatic heterocycles. The molecule has 156 valence electrons. The SMILES string of the molecule is O=C(NCc1ccc(OCC(F)(F)F)cc1)C1CCN(C(=O)c2ccco2)CC1. The van der Waals surface area contributed by atoms with Gasteiger partial charge in [-0.2, -0.15) is 13.2 Å². The Bertz CT molecular complexity index is 811. The van der Waals surface area contributed by atoms with E-state index in [-0.39, 0.29) is 35.8 Å². The van der Waals surface area contributed by atoms with Gasteiger partial charge in [0.05, 0.1) is 6.26 Å². The van der Waals surface area contributed by atoms with Crippen LogP contribution in [0.5, 0.6) is 5.75 Å². The van der Waals surface area contributed by atoms with Gasteiger partial charge in [-0.15, -0.1) is 0 Å². The number of piperidine rings is 1. The van der Waals surface area contributed by atoms with Crippen LogP contribution in [0, 0.1) is 5.92 Å². The van der Waals surface area contributed by atoms with Gasteiger partial charge in [0, 0.05) is 25.6 Å². The molecule has 3 rings (SSSR count). The summed E-state index contributed by atoms with van der Waals surface area (Å²) in [5.41, 5.74) is 0.753. The Morgan fingerprint density at radius 1 is 1.14 bits per heavy atom. The van der Waals surface area contributed by atoms with Gasteiger partial charge in [-0.3, -0.25) is 9.59 Å². The quantitative estimate of drug-likeness (QED) is 0.793. The first-order valence-corrected chi connectivity index (χ1v) is 9.21. The second-order valence-corrected chi connectivity index (χ2v) is 6.81. The van der Waals surface area contributed by atoms with Gasteiger partial charge in [0.15, 0.2) is 12.4 Å². The van der Waals surface area contributed by atoms with Gasteiger partial charge in [-0.25, -0.2) is 0 Å². The third kappa shape index (κ3) is 6.00. The van der Waals surface area contributed by atoms with Crippen LogP contribution < -0.4 is 10.1 Å². The van der Waals surface area contributed by atoms with Crippen molar-refractivity contribution >= 4 is 11.8 Å². The van der Waals surface area contributed by atoms with Crippen molar-refractivity contribution in [2.24, 2.45) is 5.92 Å². The minimum atomic E-state index is -4.38. The fraction of sp³-hybridized carbons (Fsp3) is 0.400. The number of nitrogens with one attached hydrogen (secondary N) is 1. The Labute approximate surface area is 165 Å². The average molecular weight is 410 g/mol. The van der Waals surface area contributed by atoms with Crippen LogP contribution in [-0.4, -0.2) is 42.6 Å². The van der Waals surface area contributed by atoms with Crippen LogP contribution >= 0.6 is 0 Å². The monoisotopic (exact) mass is 410 g/mol. The van der Waals surface area contributed by atoms with Gasteiger partial charge in [0.2, 0.25) is 5.91 Å². The summed E-state index contributed by atoms with van der Waals surface area (Å²) in [6.45, 7) is -0.125. The van der Waals surface area contributed by atoms with Crippen LogP contribution in [-0.2, 0) is 11.3 Å². The highest BCUT2D eigenvalue weighted by Gasteiger charge is 2.29. The number of ether oxygens (including phenoxy) is 1. The van der Waals surface area contributed by atoms with Gasteiger partial charge in [-0.05, 0) is 42.7 Å². The molecule has 6 nitrogen and oxygen atoms in total. The van der Waals surface area contributed by atoms with E-state index >= 15 is 0 Å². The lowest BCUT2D eigenvalue weighted by molar-refractivity contribution is -0.153. The summed E-state index contributed by atoms with van der Waals surface area (Å²) in [5, 5.41) is 2.83. The first kappa shape index (κ1) is 20.8. The highest BCUT2D eigenvalue weighted by molar-refractivity contribution is 5.91. The van der Waals surface area contributed by atoms with Crippen molar-refractivity contribution in [3.63, 3.8) is 0 Å². The summed E-state index contributed by atoms with van der Waals surface area (Å²) in [6.07, 6.45) is -1.82. The average Bonchev–Trinajstić information content (AvgIpc) is 3.25. The third-order valence-corrected chi connectivity index (χ3v) is 4.68. The molecule has 0 saturated carbocycles. The minimum absolute atomic E-state index is 0.104. The molecular formula is C20H21F3N2O4. The van der Waals surface area contributed by atoms with Gasteiger partial charge in [0.25, 0.3) is 5.91 Å². The van der Waals surface area contributed by atoms with E-state index in [1.165, 1.54) is 18.4 Å². The van der Waals surface area contributed by atoms with E-state index < -0.39 is 12.8 Å². The fourth-order valence-corrected chi connectivity index (χ4v) is 3.10. The van der Waals surface area contributed by atoms with Crippen LogP contribution in [0.2, 0.25) is 0 Å². The summed E-state index contributed by atoms with van der Waals surface area (Å²) < 4.78 is 46.2. The second-order valence-electron chi connectivity index (χ2n) is 6.81. The Hall–Kier alpha value is -2.97. The topological polar surface area (TPSA) is 71.8 Å². The maximum absolute atomic E-state index is 12.4. The number of alkyl halides is 3. The van der Waals surface area contributed by atoms with Crippen molar-refractivity contribution in [1.29, 1.82) is 0 Å². The first-order chi connectivity index (χ1) is 13.8. The predicted octanol–water partition coefficient (Wildman–Crippen LogP) is 3.39. The zero-order valence-electron chi connectivity index (χ0n) is 15.6. The molecule has 2 heterocycles. The molecule has 1 aromatic carbocycles. The van der Waals surface area contributed by atoms with Crippen LogP contribution in [0.3, 0.4) is 0 Å². The zero-order chi connectivity index (χ0) is 20.9. The van der Waals surface area contributed by atoms with Crippen molar-refractivity contribution in [2.45, 2.75) is 25.6 Å². The molecule has 0 spiro atoms. The maximum Gasteiger partial charge on any atom is 0.422 e. The van der Waals surface area contributed by atoms with Gasteiger partial charge < -0.3 is 19.4 Å². The number of rotatable bonds is 6. The smallest absolute Gasteiger partial charge is 0.422 e. The molecule has 9 heteroatoms. The molecular weight excluding hydrogens is 389 g/mol. The summed E-state index contributed by atoms with van der Waals surface area (Å²) in [4.78, 5) is 26.3. The van der Waals surface area contributed by atoms with Crippen LogP contribution in [0.1, 0.15) is 29.0 Å². The first-order valence-electron chi connectivity index (χ1n) is 9.21. The molecule has 2 amide bonds. The zero-order valence-corrected chi connectivity index (χ0v) is 15.6. The summed E-state index contributed by atoms with van der Waals surface area (Å²) in [7, 11) is 0. The van der Waals surface area contributed by atoms with E-state index in [0.717, 1.165) is 5.56 Å². The lowest BCUT2D eigenvalue weighted by Crippen LogP contribution is -2.42. The number of amides is 2. The van der Waals surface area contributed by atoms with Gasteiger partial charge in [-0.1, -0.05) is 12.1 Å². The molecule has 29 heavy (non-hydrogen) atoms. The fourth-order valence-electron chi connectivity index (χ4n) is 3.10. The van der Waals surface area contributed by atoms with E-state index in [2.05, 4.69) is 10.1 Å². The van der Waals surface area contributed by atoms with Crippen molar-refractivity contribution in [3.8, 4) is 5.75 Å². The second kappa shape index (κ2) is 9.02. The number of benzene rings is 1. The number of carbonyl (C=O) groups is 2. The number of furan rings is 1. The number of likely N-dealkylation sites (tertiary alicyclic amines) is 1. The van der Waals surface area contributed by atoms with Crippen LogP contribution in [0.15, 0.2) is 47.1 Å². The van der Waals surface area contributed by atoms with Gasteiger partial charge >= 0.3 is 6.18 Å². The lowest BCUT2D eigenvalue weighted by Gasteiger charge is -2.30. The van der Waals surface area contributed by atoms with Crippen molar-refractivity contribution in [1.82, 2.24) is 10.2 Å². The molecule has 0 radical (unpaired) electrons. The Kier molecular flexibility index (Phi) is 6.46. The van der Waals surface area contributed by atoms with E-state index in [1.807, 2.05) is 0 Å². The number of halogens is 3. The lowest BCUT2D eigenvalue weighted by atomic mass is 9.95. The van der Waals surface area contributed by atoms with E-state index in [4.69, 9.17) is 4.42 Å². The Morgan fingerprint density at radius 2 is 1.83 bits per heavy atom. The molecule has 1 aliphatic heterocycles. The highest BCUT2D eigenvalue weighted by atomic mass is 19.4. The number of carbonyl (C=O) groups excluding carboxylic acids is 2. The Morgan fingerprint density at radius 3 is 2.41 bits per heavy atom. The highest BCUT2D eigenvalue weighted by Crippen LogP contribution is 2.21. The minimum Gasteiger partial charge on any atom is -0.484 e. The standard InChI is InChI=1S/C20H21F3N2O4/c21-20(22,23)13-29-16-5-3-14(4-6-16)12-24-18(26)15-7-9-25(10-8-15)19(27)17-2-1-11-28-17/h1-6,11,15H,7-10,12-13H2,(H,24,26). The van der Waals surface area contributed by atoms with Crippen molar-refractivity contribution < 1.29 is 31.9 Å². The van der Waals surface area contributed by atoms with E-state index in [1.54, 1.807) is 29.2 Å². The molecule has 1 aliphatic rings. The number of hydrogen-bond donors (Lipinski definition) is 1. The molecule has 1 N–H and O–H groups in total. The molecule has 0 atom stereocenters. The predicted molar refractivity (Wildman–Crippen MR) is 97.2 cm³/mol. The Balaban J connectivity index is 1.41. The summed E-state index contributed by atoms with van der Waals surface area (Å²) in [5.74, 6) is -0.0687. The van der Waals surface area contributed by atoms with E-state index in [0.29, 0.717) is 25.9 Å². The third-order valence-electron chi connectivity index (χ3n) is 4.68. The van der Waals surface area contributed by atoms with Crippen molar-refractivity contribution in [2.75, 3.05) is 19.7 Å². The largest absolute Gasteiger partial charge is 0.484 e.